The number of hydrogen-bond acceptors (Lipinski definition) is 3. The molecule has 4 heterocycles. The van der Waals surface area contributed by atoms with Gasteiger partial charge in [0.05, 0.1) is 18.8 Å². The lowest BCUT2D eigenvalue weighted by atomic mass is 9.84. The van der Waals surface area contributed by atoms with E-state index in [0.29, 0.717) is 60.3 Å². The molecule has 3 aliphatic rings. The van der Waals surface area contributed by atoms with Gasteiger partial charge in [-0.3, -0.25) is 14.3 Å². The first-order chi connectivity index (χ1) is 15.5. The second-order valence-corrected chi connectivity index (χ2v) is 10.1. The van der Waals surface area contributed by atoms with Crippen molar-refractivity contribution < 1.29 is 9.59 Å². The maximum atomic E-state index is 13.3. The van der Waals surface area contributed by atoms with E-state index in [2.05, 4.69) is 10.00 Å². The van der Waals surface area contributed by atoms with Gasteiger partial charge in [0.2, 0.25) is 5.91 Å². The van der Waals surface area contributed by atoms with Crippen LogP contribution in [0.1, 0.15) is 66.7 Å². The van der Waals surface area contributed by atoms with E-state index in [0.717, 1.165) is 36.9 Å². The highest BCUT2D eigenvalue weighted by Gasteiger charge is 2.38. The predicted molar refractivity (Wildman–Crippen MR) is 124 cm³/mol. The zero-order valence-electron chi connectivity index (χ0n) is 18.1. The zero-order valence-corrected chi connectivity index (χ0v) is 19.6. The minimum Gasteiger partial charge on any atom is -0.335 e. The Labute approximate surface area is 198 Å². The van der Waals surface area contributed by atoms with Crippen LogP contribution in [0.2, 0.25) is 10.0 Å². The Kier molecular flexibility index (Phi) is 6.17. The Morgan fingerprint density at radius 2 is 1.59 bits per heavy atom. The minimum atomic E-state index is 0.0667. The topological polar surface area (TPSA) is 58.4 Å². The van der Waals surface area contributed by atoms with E-state index >= 15 is 0 Å². The number of aryl methyl sites for hydroxylation is 1. The van der Waals surface area contributed by atoms with Crippen LogP contribution >= 0.6 is 23.2 Å². The van der Waals surface area contributed by atoms with Crippen molar-refractivity contribution in [2.75, 3.05) is 6.54 Å². The number of hydrogen-bond donors (Lipinski definition) is 0. The highest BCUT2D eigenvalue weighted by molar-refractivity contribution is 6.34. The van der Waals surface area contributed by atoms with Crippen molar-refractivity contribution in [2.45, 2.75) is 76.5 Å². The summed E-state index contributed by atoms with van der Waals surface area (Å²) in [6.07, 6.45) is 7.86. The highest BCUT2D eigenvalue weighted by Crippen LogP contribution is 2.35. The van der Waals surface area contributed by atoms with E-state index in [-0.39, 0.29) is 11.8 Å². The van der Waals surface area contributed by atoms with Gasteiger partial charge in [0.1, 0.15) is 0 Å². The molecule has 5 rings (SSSR count). The first-order valence-corrected chi connectivity index (χ1v) is 12.4. The normalized spacial score (nSPS) is 22.6. The molecule has 6 nitrogen and oxygen atoms in total. The number of carbonyl (C=O) groups is 2. The van der Waals surface area contributed by atoms with Crippen LogP contribution in [0.25, 0.3) is 0 Å². The smallest absolute Gasteiger partial charge is 0.274 e. The third kappa shape index (κ3) is 4.40. The van der Waals surface area contributed by atoms with Gasteiger partial charge < -0.3 is 9.80 Å². The van der Waals surface area contributed by atoms with Crippen LogP contribution in [-0.4, -0.2) is 50.0 Å². The van der Waals surface area contributed by atoms with E-state index in [1.807, 2.05) is 27.8 Å². The molecular formula is C24H28Cl2N4O2. The number of carbonyl (C=O) groups excluding carboxylic acids is 2. The van der Waals surface area contributed by atoms with Crippen LogP contribution in [0.3, 0.4) is 0 Å². The summed E-state index contributed by atoms with van der Waals surface area (Å²) in [6, 6.07) is 8.01. The Hall–Kier alpha value is -2.05. The van der Waals surface area contributed by atoms with Crippen molar-refractivity contribution in [3.8, 4) is 0 Å². The average Bonchev–Trinajstić information content (AvgIpc) is 3.19. The van der Waals surface area contributed by atoms with Crippen molar-refractivity contribution in [3.63, 3.8) is 0 Å². The molecule has 2 aromatic rings. The number of rotatable bonds is 4. The van der Waals surface area contributed by atoms with E-state index in [1.165, 1.54) is 12.8 Å². The summed E-state index contributed by atoms with van der Waals surface area (Å²) in [6.45, 7) is 1.71. The molecule has 1 aromatic carbocycles. The second kappa shape index (κ2) is 9.06. The molecule has 2 amide bonds. The molecular weight excluding hydrogens is 447 g/mol. The van der Waals surface area contributed by atoms with Crippen molar-refractivity contribution in [1.29, 1.82) is 0 Å². The lowest BCUT2D eigenvalue weighted by molar-refractivity contribution is -0.132. The largest absolute Gasteiger partial charge is 0.335 e. The Balaban J connectivity index is 1.23. The van der Waals surface area contributed by atoms with E-state index in [9.17, 15) is 9.59 Å². The molecule has 0 saturated carbocycles. The van der Waals surface area contributed by atoms with Crippen molar-refractivity contribution in [1.82, 2.24) is 19.6 Å². The lowest BCUT2D eigenvalue weighted by Gasteiger charge is -2.45. The summed E-state index contributed by atoms with van der Waals surface area (Å²) in [7, 11) is 0. The predicted octanol–water partition coefficient (Wildman–Crippen LogP) is 4.71. The van der Waals surface area contributed by atoms with Crippen molar-refractivity contribution in [2.24, 2.45) is 0 Å². The molecule has 1 aromatic heterocycles. The fourth-order valence-corrected chi connectivity index (χ4v) is 6.10. The van der Waals surface area contributed by atoms with Gasteiger partial charge in [-0.05, 0) is 74.8 Å². The van der Waals surface area contributed by atoms with Gasteiger partial charge in [0.15, 0.2) is 5.69 Å². The molecule has 0 atom stereocenters. The monoisotopic (exact) mass is 474 g/mol. The SMILES string of the molecule is O=C(CCc1cc(Cl)cc(Cl)c1)N1CCn2nc(C(=O)N3C4CCCC3CCC4)cc2C1. The van der Waals surface area contributed by atoms with E-state index in [1.54, 1.807) is 6.07 Å². The van der Waals surface area contributed by atoms with Gasteiger partial charge in [-0.15, -0.1) is 0 Å². The number of nitrogens with zero attached hydrogens (tertiary/aromatic N) is 4. The van der Waals surface area contributed by atoms with Crippen LogP contribution in [0.4, 0.5) is 0 Å². The fourth-order valence-electron chi connectivity index (χ4n) is 5.53. The highest BCUT2D eigenvalue weighted by atomic mass is 35.5. The van der Waals surface area contributed by atoms with Gasteiger partial charge in [-0.1, -0.05) is 23.2 Å². The molecule has 0 aliphatic carbocycles. The number of halogens is 2. The van der Waals surface area contributed by atoms with Gasteiger partial charge in [0, 0.05) is 35.1 Å². The quantitative estimate of drug-likeness (QED) is 0.644. The molecule has 0 N–H and O–H groups in total. The Morgan fingerprint density at radius 3 is 2.25 bits per heavy atom. The van der Waals surface area contributed by atoms with Gasteiger partial charge in [-0.2, -0.15) is 5.10 Å². The van der Waals surface area contributed by atoms with Crippen LogP contribution < -0.4 is 0 Å². The number of aromatic nitrogens is 2. The van der Waals surface area contributed by atoms with Crippen LogP contribution in [-0.2, 0) is 24.3 Å². The first kappa shape index (κ1) is 21.8. The summed E-state index contributed by atoms with van der Waals surface area (Å²) in [4.78, 5) is 30.1. The number of amides is 2. The summed E-state index contributed by atoms with van der Waals surface area (Å²) >= 11 is 12.1. The van der Waals surface area contributed by atoms with E-state index in [4.69, 9.17) is 23.2 Å². The molecule has 170 valence electrons. The van der Waals surface area contributed by atoms with Gasteiger partial charge in [0.25, 0.3) is 5.91 Å². The Bertz CT molecular complexity index is 995. The summed E-state index contributed by atoms with van der Waals surface area (Å²) in [5, 5.41) is 5.78. The molecule has 0 spiro atoms. The third-order valence-corrected chi connectivity index (χ3v) is 7.53. The average molecular weight is 475 g/mol. The maximum absolute atomic E-state index is 13.3. The maximum Gasteiger partial charge on any atom is 0.274 e. The van der Waals surface area contributed by atoms with Gasteiger partial charge in [-0.25, -0.2) is 0 Å². The third-order valence-electron chi connectivity index (χ3n) is 7.09. The molecule has 32 heavy (non-hydrogen) atoms. The lowest BCUT2D eigenvalue weighted by Crippen LogP contribution is -2.52. The standard InChI is InChI=1S/C24H28Cl2N4O2/c25-17-11-16(12-18(26)13-17)7-8-23(31)28-9-10-29-21(15-28)14-22(27-29)24(32)30-19-3-1-4-20(30)6-2-5-19/h11-14,19-20H,1-10,15H2. The molecule has 2 saturated heterocycles. The summed E-state index contributed by atoms with van der Waals surface area (Å²) in [5.41, 5.74) is 2.42. The van der Waals surface area contributed by atoms with Crippen LogP contribution in [0, 0.1) is 0 Å². The van der Waals surface area contributed by atoms with Crippen molar-refractivity contribution in [3.05, 3.63) is 51.3 Å². The van der Waals surface area contributed by atoms with E-state index < -0.39 is 0 Å². The molecule has 2 bridgehead atoms. The molecule has 0 radical (unpaired) electrons. The molecule has 8 heteroatoms. The van der Waals surface area contributed by atoms with Crippen LogP contribution in [0.15, 0.2) is 24.3 Å². The number of piperidine rings is 2. The van der Waals surface area contributed by atoms with Crippen LogP contribution in [0.5, 0.6) is 0 Å². The fraction of sp³-hybridized carbons (Fsp3) is 0.542. The summed E-state index contributed by atoms with van der Waals surface area (Å²) in [5.74, 6) is 0.156. The zero-order chi connectivity index (χ0) is 22.2. The minimum absolute atomic E-state index is 0.0667. The number of benzene rings is 1. The van der Waals surface area contributed by atoms with Gasteiger partial charge >= 0.3 is 0 Å². The molecule has 2 fully saturated rings. The number of fused-ring (bicyclic) bond motifs is 3. The first-order valence-electron chi connectivity index (χ1n) is 11.6. The molecule has 3 aliphatic heterocycles. The second-order valence-electron chi connectivity index (χ2n) is 9.22. The molecule has 0 unspecified atom stereocenters. The Morgan fingerprint density at radius 1 is 0.938 bits per heavy atom. The van der Waals surface area contributed by atoms with Crippen molar-refractivity contribution >= 4 is 35.0 Å². The summed E-state index contributed by atoms with van der Waals surface area (Å²) < 4.78 is 1.90.